The molecule has 1 N–H and O–H groups in total. The summed E-state index contributed by atoms with van der Waals surface area (Å²) < 4.78 is 1.09. The first-order valence-corrected chi connectivity index (χ1v) is 6.84. The molecule has 5 heteroatoms. The van der Waals surface area contributed by atoms with Gasteiger partial charge in [-0.15, -0.1) is 0 Å². The largest absolute Gasteiger partial charge is 0.359 e. The van der Waals surface area contributed by atoms with Gasteiger partial charge in [0.1, 0.15) is 6.04 Å². The number of nitrogens with zero attached hydrogens (tertiary/aromatic N) is 1. The van der Waals surface area contributed by atoms with Gasteiger partial charge in [0.15, 0.2) is 0 Å². The van der Waals surface area contributed by atoms with Crippen LogP contribution in [0.2, 0.25) is 0 Å². The molecule has 2 aliphatic heterocycles. The lowest BCUT2D eigenvalue weighted by atomic mass is 10.0. The van der Waals surface area contributed by atoms with Crippen LogP contribution >= 0.6 is 15.9 Å². The minimum absolute atomic E-state index is 0.162. The number of carbonyl (C=O) groups is 2. The van der Waals surface area contributed by atoms with Crippen molar-refractivity contribution in [2.24, 2.45) is 0 Å². The third-order valence-electron chi connectivity index (χ3n) is 3.59. The number of fused-ring (bicyclic) bond motifs is 1. The molecule has 0 aromatic heterocycles. The van der Waals surface area contributed by atoms with Crippen LogP contribution in [-0.2, 0) is 16.0 Å². The Kier molecular flexibility index (Phi) is 2.86. The Morgan fingerprint density at radius 3 is 2.89 bits per heavy atom. The van der Waals surface area contributed by atoms with Gasteiger partial charge in [0.25, 0.3) is 0 Å². The van der Waals surface area contributed by atoms with Gasteiger partial charge >= 0.3 is 0 Å². The van der Waals surface area contributed by atoms with Gasteiger partial charge in [-0.05, 0) is 30.5 Å². The molecule has 1 fully saturated rings. The van der Waals surface area contributed by atoms with Crippen LogP contribution in [0.5, 0.6) is 0 Å². The molecule has 0 radical (unpaired) electrons. The van der Waals surface area contributed by atoms with E-state index in [0.717, 1.165) is 23.1 Å². The van der Waals surface area contributed by atoms with Crippen molar-refractivity contribution >= 4 is 33.4 Å². The van der Waals surface area contributed by atoms with E-state index in [4.69, 9.17) is 0 Å². The van der Waals surface area contributed by atoms with Crippen LogP contribution in [0.3, 0.4) is 0 Å². The maximum absolute atomic E-state index is 11.9. The van der Waals surface area contributed by atoms with Crippen LogP contribution in [0, 0.1) is 0 Å². The van der Waals surface area contributed by atoms with E-state index in [-0.39, 0.29) is 17.9 Å². The van der Waals surface area contributed by atoms with Crippen molar-refractivity contribution in [3.05, 3.63) is 28.2 Å². The second-order valence-electron chi connectivity index (χ2n) is 4.65. The normalized spacial score (nSPS) is 22.9. The highest BCUT2D eigenvalue weighted by Crippen LogP contribution is 2.35. The molecular weight excluding hydrogens is 296 g/mol. The SMILES string of the molecule is O=C1CCC(N2CCc3c(Br)cccc32)C(=O)N1. The molecule has 2 heterocycles. The van der Waals surface area contributed by atoms with Gasteiger partial charge in [-0.3, -0.25) is 14.9 Å². The predicted molar refractivity (Wildman–Crippen MR) is 71.4 cm³/mol. The molecule has 1 unspecified atom stereocenters. The van der Waals surface area contributed by atoms with Crippen molar-refractivity contribution in [2.75, 3.05) is 11.4 Å². The van der Waals surface area contributed by atoms with E-state index in [1.54, 1.807) is 0 Å². The molecule has 1 saturated heterocycles. The van der Waals surface area contributed by atoms with E-state index in [9.17, 15) is 9.59 Å². The quantitative estimate of drug-likeness (QED) is 0.802. The van der Waals surface area contributed by atoms with Crippen molar-refractivity contribution in [3.8, 4) is 0 Å². The first-order chi connectivity index (χ1) is 8.66. The maximum Gasteiger partial charge on any atom is 0.249 e. The summed E-state index contributed by atoms with van der Waals surface area (Å²) >= 11 is 3.54. The number of carbonyl (C=O) groups excluding carboxylic acids is 2. The number of hydrogen-bond donors (Lipinski definition) is 1. The molecule has 0 aliphatic carbocycles. The first-order valence-electron chi connectivity index (χ1n) is 6.04. The van der Waals surface area contributed by atoms with E-state index in [1.165, 1.54) is 5.56 Å². The molecule has 2 aliphatic rings. The summed E-state index contributed by atoms with van der Waals surface area (Å²) in [4.78, 5) is 25.2. The Bertz CT molecular complexity index is 530. The lowest BCUT2D eigenvalue weighted by Crippen LogP contribution is -2.52. The zero-order chi connectivity index (χ0) is 12.7. The van der Waals surface area contributed by atoms with Gasteiger partial charge < -0.3 is 4.90 Å². The Labute approximate surface area is 113 Å². The zero-order valence-corrected chi connectivity index (χ0v) is 11.4. The van der Waals surface area contributed by atoms with E-state index in [1.807, 2.05) is 18.2 Å². The van der Waals surface area contributed by atoms with E-state index in [0.29, 0.717) is 12.8 Å². The second-order valence-corrected chi connectivity index (χ2v) is 5.50. The first kappa shape index (κ1) is 11.7. The van der Waals surface area contributed by atoms with Gasteiger partial charge in [-0.1, -0.05) is 22.0 Å². The Morgan fingerprint density at radius 1 is 1.28 bits per heavy atom. The summed E-state index contributed by atoms with van der Waals surface area (Å²) in [6.07, 6.45) is 1.97. The summed E-state index contributed by atoms with van der Waals surface area (Å²) in [5, 5.41) is 2.42. The summed E-state index contributed by atoms with van der Waals surface area (Å²) in [7, 11) is 0. The molecule has 2 amide bonds. The van der Waals surface area contributed by atoms with Crippen molar-refractivity contribution in [2.45, 2.75) is 25.3 Å². The highest BCUT2D eigenvalue weighted by atomic mass is 79.9. The molecule has 94 valence electrons. The summed E-state index contributed by atoms with van der Waals surface area (Å²) in [6.45, 7) is 0.838. The van der Waals surface area contributed by atoms with E-state index < -0.39 is 0 Å². The standard InChI is InChI=1S/C13H13BrN2O2/c14-9-2-1-3-10-8(9)6-7-16(10)11-4-5-12(17)15-13(11)18/h1-3,11H,4-7H2,(H,15,17,18). The number of rotatable bonds is 1. The number of amides is 2. The maximum atomic E-state index is 11.9. The van der Waals surface area contributed by atoms with Gasteiger partial charge in [-0.25, -0.2) is 0 Å². The minimum Gasteiger partial charge on any atom is -0.359 e. The third kappa shape index (κ3) is 1.82. The summed E-state index contributed by atoms with van der Waals surface area (Å²) in [5.74, 6) is -0.330. The topological polar surface area (TPSA) is 49.4 Å². The second kappa shape index (κ2) is 4.39. The monoisotopic (exact) mass is 308 g/mol. The van der Waals surface area contributed by atoms with Crippen LogP contribution < -0.4 is 10.2 Å². The van der Waals surface area contributed by atoms with Crippen molar-refractivity contribution in [1.82, 2.24) is 5.32 Å². The van der Waals surface area contributed by atoms with Crippen molar-refractivity contribution < 1.29 is 9.59 Å². The molecule has 1 aromatic rings. The molecule has 1 atom stereocenters. The fourth-order valence-electron chi connectivity index (χ4n) is 2.72. The lowest BCUT2D eigenvalue weighted by Gasteiger charge is -2.31. The minimum atomic E-state index is -0.210. The van der Waals surface area contributed by atoms with Gasteiger partial charge in [0.2, 0.25) is 11.8 Å². The Balaban J connectivity index is 1.90. The Hall–Kier alpha value is -1.36. The van der Waals surface area contributed by atoms with Crippen molar-refractivity contribution in [3.63, 3.8) is 0 Å². The molecule has 4 nitrogen and oxygen atoms in total. The summed E-state index contributed by atoms with van der Waals surface area (Å²) in [6, 6.07) is 5.83. The highest BCUT2D eigenvalue weighted by molar-refractivity contribution is 9.10. The highest BCUT2D eigenvalue weighted by Gasteiger charge is 2.35. The van der Waals surface area contributed by atoms with Crippen LogP contribution in [0.1, 0.15) is 18.4 Å². The number of piperidine rings is 1. The number of imide groups is 1. The molecule has 0 spiro atoms. The molecular formula is C13H13BrN2O2. The number of halogens is 1. The third-order valence-corrected chi connectivity index (χ3v) is 4.34. The molecule has 18 heavy (non-hydrogen) atoms. The average molecular weight is 309 g/mol. The molecule has 1 aromatic carbocycles. The number of benzene rings is 1. The number of hydrogen-bond acceptors (Lipinski definition) is 3. The van der Waals surface area contributed by atoms with Crippen LogP contribution in [0.4, 0.5) is 5.69 Å². The zero-order valence-electron chi connectivity index (χ0n) is 9.78. The van der Waals surface area contributed by atoms with E-state index >= 15 is 0 Å². The van der Waals surface area contributed by atoms with Gasteiger partial charge in [-0.2, -0.15) is 0 Å². The van der Waals surface area contributed by atoms with Crippen LogP contribution in [0.25, 0.3) is 0 Å². The fraction of sp³-hybridized carbons (Fsp3) is 0.385. The van der Waals surface area contributed by atoms with Crippen molar-refractivity contribution in [1.29, 1.82) is 0 Å². The molecule has 3 rings (SSSR count). The van der Waals surface area contributed by atoms with Gasteiger partial charge in [0.05, 0.1) is 0 Å². The average Bonchev–Trinajstić information content (AvgIpc) is 2.74. The molecule has 0 saturated carbocycles. The van der Waals surface area contributed by atoms with Crippen LogP contribution in [-0.4, -0.2) is 24.4 Å². The Morgan fingerprint density at radius 2 is 2.11 bits per heavy atom. The van der Waals surface area contributed by atoms with E-state index in [2.05, 4.69) is 26.1 Å². The molecule has 0 bridgehead atoms. The smallest absolute Gasteiger partial charge is 0.249 e. The predicted octanol–water partition coefficient (Wildman–Crippen LogP) is 1.62. The summed E-state index contributed by atoms with van der Waals surface area (Å²) in [5.41, 5.74) is 2.36. The number of anilines is 1. The number of nitrogens with one attached hydrogen (secondary N) is 1. The van der Waals surface area contributed by atoms with Gasteiger partial charge in [0, 0.05) is 23.1 Å². The fourth-order valence-corrected chi connectivity index (χ4v) is 3.27. The van der Waals surface area contributed by atoms with Crippen LogP contribution in [0.15, 0.2) is 22.7 Å². The lowest BCUT2D eigenvalue weighted by molar-refractivity contribution is -0.134.